The molecule has 0 unspecified atom stereocenters. The molecule has 0 fully saturated rings. The third kappa shape index (κ3) is 4.21. The van der Waals surface area contributed by atoms with Gasteiger partial charge in [0.05, 0.1) is 6.21 Å². The lowest BCUT2D eigenvalue weighted by Crippen LogP contribution is -2.24. The molecule has 0 aliphatic rings. The summed E-state index contributed by atoms with van der Waals surface area (Å²) < 4.78 is 10.8. The van der Waals surface area contributed by atoms with E-state index in [1.54, 1.807) is 6.07 Å². The number of hydrogen-bond acceptors (Lipinski definition) is 4. The molecule has 0 aliphatic heterocycles. The van der Waals surface area contributed by atoms with Gasteiger partial charge < -0.3 is 9.15 Å². The first kappa shape index (κ1) is 14.8. The van der Waals surface area contributed by atoms with Crippen LogP contribution < -0.4 is 10.2 Å². The minimum absolute atomic E-state index is 0.0831. The molecule has 2 aromatic rings. The van der Waals surface area contributed by atoms with Crippen LogP contribution in [-0.2, 0) is 4.79 Å². The summed E-state index contributed by atoms with van der Waals surface area (Å²) in [5.41, 5.74) is 4.39. The van der Waals surface area contributed by atoms with Crippen LogP contribution in [0.15, 0.2) is 39.9 Å². The van der Waals surface area contributed by atoms with Crippen LogP contribution in [0.1, 0.15) is 22.6 Å². The highest BCUT2D eigenvalue weighted by Gasteiger charge is 2.06. The fourth-order valence-electron chi connectivity index (χ4n) is 1.89. The number of aryl methyl sites for hydroxylation is 3. The molecule has 2 rings (SSSR count). The van der Waals surface area contributed by atoms with E-state index in [0.29, 0.717) is 5.76 Å². The van der Waals surface area contributed by atoms with Gasteiger partial charge in [0, 0.05) is 0 Å². The van der Waals surface area contributed by atoms with Gasteiger partial charge in [-0.1, -0.05) is 18.2 Å². The highest BCUT2D eigenvalue weighted by atomic mass is 16.5. The maximum Gasteiger partial charge on any atom is 0.277 e. The zero-order valence-electron chi connectivity index (χ0n) is 12.3. The Bertz CT molecular complexity index is 639. The summed E-state index contributed by atoms with van der Waals surface area (Å²) in [4.78, 5) is 11.7. The van der Waals surface area contributed by atoms with Gasteiger partial charge in [0.25, 0.3) is 5.91 Å². The van der Waals surface area contributed by atoms with Crippen LogP contribution in [0.3, 0.4) is 0 Å². The Morgan fingerprint density at radius 1 is 1.24 bits per heavy atom. The number of nitrogens with zero attached hydrogens (tertiary/aromatic N) is 1. The van der Waals surface area contributed by atoms with Crippen LogP contribution in [0.2, 0.25) is 0 Å². The van der Waals surface area contributed by atoms with Gasteiger partial charge in [0.1, 0.15) is 17.3 Å². The third-order valence-corrected chi connectivity index (χ3v) is 2.90. The van der Waals surface area contributed by atoms with Crippen molar-refractivity contribution in [2.45, 2.75) is 20.8 Å². The summed E-state index contributed by atoms with van der Waals surface area (Å²) in [5, 5.41) is 3.81. The van der Waals surface area contributed by atoms with E-state index in [0.717, 1.165) is 22.6 Å². The molecule has 21 heavy (non-hydrogen) atoms. The molecule has 0 saturated heterocycles. The minimum Gasteiger partial charge on any atom is -0.483 e. The summed E-state index contributed by atoms with van der Waals surface area (Å²) in [7, 11) is 0. The average Bonchev–Trinajstić information content (AvgIpc) is 2.84. The fraction of sp³-hybridized carbons (Fsp3) is 0.250. The molecule has 0 aliphatic carbocycles. The maximum atomic E-state index is 11.7. The monoisotopic (exact) mass is 286 g/mol. The van der Waals surface area contributed by atoms with E-state index in [4.69, 9.17) is 9.15 Å². The molecule has 1 aromatic carbocycles. The molecule has 0 bridgehead atoms. The number of ether oxygens (including phenoxy) is 1. The van der Waals surface area contributed by atoms with Gasteiger partial charge in [-0.2, -0.15) is 5.10 Å². The lowest BCUT2D eigenvalue weighted by atomic mass is 10.1. The molecule has 5 nitrogen and oxygen atoms in total. The molecule has 0 saturated carbocycles. The highest BCUT2D eigenvalue weighted by molar-refractivity contribution is 5.81. The Kier molecular flexibility index (Phi) is 4.77. The molecular formula is C16H18N2O3. The lowest BCUT2D eigenvalue weighted by molar-refractivity contribution is -0.123. The molecular weight excluding hydrogens is 268 g/mol. The van der Waals surface area contributed by atoms with Gasteiger partial charge in [-0.25, -0.2) is 5.43 Å². The van der Waals surface area contributed by atoms with Gasteiger partial charge in [-0.3, -0.25) is 4.79 Å². The molecule has 1 aromatic heterocycles. The minimum atomic E-state index is -0.322. The first-order chi connectivity index (χ1) is 10.1. The number of nitrogens with one attached hydrogen (secondary N) is 1. The number of carbonyl (C=O) groups is 1. The molecule has 5 heteroatoms. The Morgan fingerprint density at radius 3 is 2.57 bits per heavy atom. The van der Waals surface area contributed by atoms with Crippen LogP contribution in [0.5, 0.6) is 5.75 Å². The second-order valence-corrected chi connectivity index (χ2v) is 4.75. The van der Waals surface area contributed by atoms with Crippen LogP contribution >= 0.6 is 0 Å². The number of amides is 1. The van der Waals surface area contributed by atoms with Crippen LogP contribution in [0, 0.1) is 20.8 Å². The van der Waals surface area contributed by atoms with Crippen molar-refractivity contribution >= 4 is 12.1 Å². The van der Waals surface area contributed by atoms with Crippen molar-refractivity contribution in [3.8, 4) is 5.75 Å². The highest BCUT2D eigenvalue weighted by Crippen LogP contribution is 2.21. The van der Waals surface area contributed by atoms with Crippen molar-refractivity contribution in [2.24, 2.45) is 5.10 Å². The molecule has 1 amide bonds. The zero-order valence-corrected chi connectivity index (χ0v) is 12.3. The smallest absolute Gasteiger partial charge is 0.277 e. The number of rotatable bonds is 5. The Morgan fingerprint density at radius 2 is 1.95 bits per heavy atom. The summed E-state index contributed by atoms with van der Waals surface area (Å²) in [6.45, 7) is 5.64. The lowest BCUT2D eigenvalue weighted by Gasteiger charge is -2.10. The van der Waals surface area contributed by atoms with Crippen molar-refractivity contribution in [3.05, 3.63) is 53.0 Å². The normalized spacial score (nSPS) is 10.8. The summed E-state index contributed by atoms with van der Waals surface area (Å²) in [6.07, 6.45) is 1.45. The number of hydrogen-bond donors (Lipinski definition) is 1. The number of hydrazone groups is 1. The molecule has 1 N–H and O–H groups in total. The standard InChI is InChI=1S/C16H18N2O3/c1-11-5-4-6-12(2)16(11)20-10-15(19)18-17-9-14-8-7-13(3)21-14/h4-9H,10H2,1-3H3,(H,18,19). The van der Waals surface area contributed by atoms with E-state index < -0.39 is 0 Å². The van der Waals surface area contributed by atoms with Crippen LogP contribution in [0.25, 0.3) is 0 Å². The molecule has 0 atom stereocenters. The predicted molar refractivity (Wildman–Crippen MR) is 80.6 cm³/mol. The van der Waals surface area contributed by atoms with Crippen molar-refractivity contribution in [1.82, 2.24) is 5.43 Å². The number of furan rings is 1. The molecule has 110 valence electrons. The van der Waals surface area contributed by atoms with Crippen molar-refractivity contribution in [1.29, 1.82) is 0 Å². The fourth-order valence-corrected chi connectivity index (χ4v) is 1.89. The van der Waals surface area contributed by atoms with Crippen molar-refractivity contribution in [2.75, 3.05) is 6.61 Å². The third-order valence-electron chi connectivity index (χ3n) is 2.90. The van der Waals surface area contributed by atoms with Gasteiger partial charge in [-0.15, -0.1) is 0 Å². The zero-order chi connectivity index (χ0) is 15.2. The summed E-state index contributed by atoms with van der Waals surface area (Å²) in [6, 6.07) is 9.44. The largest absolute Gasteiger partial charge is 0.483 e. The topological polar surface area (TPSA) is 63.8 Å². The maximum absolute atomic E-state index is 11.7. The average molecular weight is 286 g/mol. The van der Waals surface area contributed by atoms with Gasteiger partial charge in [-0.05, 0) is 44.0 Å². The van der Waals surface area contributed by atoms with E-state index >= 15 is 0 Å². The Balaban J connectivity index is 1.84. The van der Waals surface area contributed by atoms with Gasteiger partial charge >= 0.3 is 0 Å². The van der Waals surface area contributed by atoms with Gasteiger partial charge in [0.15, 0.2) is 6.61 Å². The SMILES string of the molecule is Cc1ccc(C=NNC(=O)COc2c(C)cccc2C)o1. The van der Waals surface area contributed by atoms with Gasteiger partial charge in [0.2, 0.25) is 0 Å². The molecule has 0 radical (unpaired) electrons. The summed E-state index contributed by atoms with van der Waals surface area (Å²) in [5.74, 6) is 1.79. The Hall–Kier alpha value is -2.56. The van der Waals surface area contributed by atoms with Crippen LogP contribution in [-0.4, -0.2) is 18.7 Å². The second-order valence-electron chi connectivity index (χ2n) is 4.75. The van der Waals surface area contributed by atoms with E-state index in [2.05, 4.69) is 10.5 Å². The summed E-state index contributed by atoms with van der Waals surface area (Å²) >= 11 is 0. The molecule has 1 heterocycles. The molecule has 0 spiro atoms. The van der Waals surface area contributed by atoms with E-state index in [1.807, 2.05) is 45.0 Å². The predicted octanol–water partition coefficient (Wildman–Crippen LogP) is 2.73. The van der Waals surface area contributed by atoms with E-state index in [9.17, 15) is 4.79 Å². The van der Waals surface area contributed by atoms with E-state index in [1.165, 1.54) is 6.21 Å². The number of carbonyl (C=O) groups excluding carboxylic acids is 1. The van der Waals surface area contributed by atoms with E-state index in [-0.39, 0.29) is 12.5 Å². The number of para-hydroxylation sites is 1. The number of benzene rings is 1. The van der Waals surface area contributed by atoms with Crippen molar-refractivity contribution < 1.29 is 13.9 Å². The Labute approximate surface area is 123 Å². The quantitative estimate of drug-likeness (QED) is 0.679. The second kappa shape index (κ2) is 6.74. The first-order valence-corrected chi connectivity index (χ1v) is 6.63. The first-order valence-electron chi connectivity index (χ1n) is 6.63. The van der Waals surface area contributed by atoms with Crippen molar-refractivity contribution in [3.63, 3.8) is 0 Å². The van der Waals surface area contributed by atoms with Crippen LogP contribution in [0.4, 0.5) is 0 Å².